The number of unbranched alkanes of at least 4 members (excludes halogenated alkanes) is 2. The van der Waals surface area contributed by atoms with Crippen LogP contribution in [0.25, 0.3) is 0 Å². The predicted octanol–water partition coefficient (Wildman–Crippen LogP) is 9.64. The standard InChI is InChI=1S/C41H52N6O6/c1-6-10-12-28(8-3)26-52-37(49)31-16-22-34(23-17-31)43-40-45-39(42-33-20-14-30(15-21-33)36(48)51-5)46-41(47-40)44-35-24-18-32(19-25-35)38(50)53-27-29(9-4)13-11-7-2/h14-25,28-29H,6-13,26-27H2,1-5H3,(H3,42,43,44,45,46,47). The van der Waals surface area contributed by atoms with Crippen molar-refractivity contribution in [1.29, 1.82) is 0 Å². The van der Waals surface area contributed by atoms with Crippen LogP contribution in [-0.4, -0.2) is 53.2 Å². The van der Waals surface area contributed by atoms with E-state index in [0.717, 1.165) is 51.4 Å². The molecule has 0 aliphatic rings. The molecule has 0 spiro atoms. The maximum absolute atomic E-state index is 12.7. The molecule has 0 bridgehead atoms. The summed E-state index contributed by atoms with van der Waals surface area (Å²) >= 11 is 0. The molecule has 3 N–H and O–H groups in total. The number of nitrogens with one attached hydrogen (secondary N) is 3. The molecule has 0 saturated heterocycles. The molecule has 0 fully saturated rings. The third-order valence-electron chi connectivity index (χ3n) is 8.94. The summed E-state index contributed by atoms with van der Waals surface area (Å²) < 4.78 is 16.0. The highest BCUT2D eigenvalue weighted by atomic mass is 16.5. The molecule has 2 unspecified atom stereocenters. The van der Waals surface area contributed by atoms with E-state index in [2.05, 4.69) is 58.6 Å². The van der Waals surface area contributed by atoms with Gasteiger partial charge in [-0.2, -0.15) is 15.0 Å². The van der Waals surface area contributed by atoms with Crippen molar-refractivity contribution in [2.24, 2.45) is 11.8 Å². The SMILES string of the molecule is CCCCC(CC)COC(=O)c1ccc(Nc2nc(Nc3ccc(C(=O)OC)cc3)nc(Nc3ccc(C(=O)OCC(CC)CCCC)cc3)n2)cc1. The molecule has 1 heterocycles. The fourth-order valence-electron chi connectivity index (χ4n) is 5.47. The Morgan fingerprint density at radius 2 is 0.849 bits per heavy atom. The number of rotatable bonds is 21. The molecule has 0 aliphatic heterocycles. The summed E-state index contributed by atoms with van der Waals surface area (Å²) in [5.74, 6) is 0.213. The average Bonchev–Trinajstić information content (AvgIpc) is 3.18. The molecule has 0 amide bonds. The van der Waals surface area contributed by atoms with E-state index in [0.29, 0.717) is 58.8 Å². The number of hydrogen-bond acceptors (Lipinski definition) is 12. The van der Waals surface area contributed by atoms with E-state index in [1.165, 1.54) is 7.11 Å². The number of methoxy groups -OCH3 is 1. The Labute approximate surface area is 312 Å². The summed E-state index contributed by atoms with van der Waals surface area (Å²) in [4.78, 5) is 51.1. The van der Waals surface area contributed by atoms with E-state index < -0.39 is 5.97 Å². The summed E-state index contributed by atoms with van der Waals surface area (Å²) in [6, 6.07) is 20.5. The zero-order chi connectivity index (χ0) is 38.0. The topological polar surface area (TPSA) is 154 Å². The Balaban J connectivity index is 1.48. The first-order chi connectivity index (χ1) is 25.7. The first kappa shape index (κ1) is 40.3. The minimum absolute atomic E-state index is 0.221. The van der Waals surface area contributed by atoms with Crippen LogP contribution in [0.3, 0.4) is 0 Å². The lowest BCUT2D eigenvalue weighted by molar-refractivity contribution is 0.0419. The van der Waals surface area contributed by atoms with Crippen molar-refractivity contribution in [3.05, 3.63) is 89.5 Å². The molecule has 0 aliphatic carbocycles. The van der Waals surface area contributed by atoms with Crippen molar-refractivity contribution in [3.8, 4) is 0 Å². The number of benzene rings is 3. The highest BCUT2D eigenvalue weighted by Crippen LogP contribution is 2.23. The molecule has 4 rings (SSSR count). The van der Waals surface area contributed by atoms with Gasteiger partial charge in [0.15, 0.2) is 0 Å². The van der Waals surface area contributed by atoms with Gasteiger partial charge in [0.25, 0.3) is 0 Å². The van der Waals surface area contributed by atoms with Crippen LogP contribution in [0.15, 0.2) is 72.8 Å². The van der Waals surface area contributed by atoms with E-state index in [4.69, 9.17) is 14.2 Å². The third-order valence-corrected chi connectivity index (χ3v) is 8.94. The van der Waals surface area contributed by atoms with Crippen molar-refractivity contribution >= 4 is 52.8 Å². The second-order valence-corrected chi connectivity index (χ2v) is 12.9. The van der Waals surface area contributed by atoms with Crippen LogP contribution < -0.4 is 16.0 Å². The minimum Gasteiger partial charge on any atom is -0.465 e. The number of anilines is 6. The lowest BCUT2D eigenvalue weighted by Gasteiger charge is -2.15. The van der Waals surface area contributed by atoms with Crippen molar-refractivity contribution in [3.63, 3.8) is 0 Å². The predicted molar refractivity (Wildman–Crippen MR) is 208 cm³/mol. The molecule has 1 aromatic heterocycles. The summed E-state index contributed by atoms with van der Waals surface area (Å²) in [5, 5.41) is 9.52. The van der Waals surface area contributed by atoms with Crippen LogP contribution in [-0.2, 0) is 14.2 Å². The molecule has 12 nitrogen and oxygen atoms in total. The zero-order valence-electron chi connectivity index (χ0n) is 31.4. The lowest BCUT2D eigenvalue weighted by atomic mass is 10.0. The third kappa shape index (κ3) is 12.9. The van der Waals surface area contributed by atoms with Gasteiger partial charge < -0.3 is 30.2 Å². The van der Waals surface area contributed by atoms with E-state index in [1.54, 1.807) is 72.8 Å². The Hall–Kier alpha value is -5.52. The maximum atomic E-state index is 12.7. The van der Waals surface area contributed by atoms with Gasteiger partial charge in [-0.1, -0.05) is 66.2 Å². The summed E-state index contributed by atoms with van der Waals surface area (Å²) in [6.45, 7) is 9.35. The molecule has 0 radical (unpaired) electrons. The number of ether oxygens (including phenoxy) is 3. The number of hydrogen-bond donors (Lipinski definition) is 3. The van der Waals surface area contributed by atoms with E-state index in [1.807, 2.05) is 0 Å². The van der Waals surface area contributed by atoms with Gasteiger partial charge in [-0.05, 0) is 97.5 Å². The molecular formula is C41H52N6O6. The first-order valence-electron chi connectivity index (χ1n) is 18.5. The van der Waals surface area contributed by atoms with Crippen molar-refractivity contribution in [2.45, 2.75) is 79.1 Å². The lowest BCUT2D eigenvalue weighted by Crippen LogP contribution is -2.14. The maximum Gasteiger partial charge on any atom is 0.338 e. The number of aromatic nitrogens is 3. The van der Waals surface area contributed by atoms with Crippen LogP contribution in [0.2, 0.25) is 0 Å². The van der Waals surface area contributed by atoms with Crippen LogP contribution in [0, 0.1) is 11.8 Å². The fourth-order valence-corrected chi connectivity index (χ4v) is 5.47. The number of carbonyl (C=O) groups is 3. The van der Waals surface area contributed by atoms with Crippen LogP contribution in [0.5, 0.6) is 0 Å². The highest BCUT2D eigenvalue weighted by molar-refractivity contribution is 5.91. The van der Waals surface area contributed by atoms with Gasteiger partial charge in [0.1, 0.15) is 0 Å². The quantitative estimate of drug-likeness (QED) is 0.0554. The van der Waals surface area contributed by atoms with Crippen molar-refractivity contribution < 1.29 is 28.6 Å². The largest absolute Gasteiger partial charge is 0.465 e. The molecule has 4 aromatic rings. The Bertz CT molecular complexity index is 1650. The molecular weight excluding hydrogens is 672 g/mol. The Kier molecular flexibility index (Phi) is 16.0. The van der Waals surface area contributed by atoms with Gasteiger partial charge >= 0.3 is 17.9 Å². The Morgan fingerprint density at radius 1 is 0.528 bits per heavy atom. The van der Waals surface area contributed by atoms with Crippen molar-refractivity contribution in [1.82, 2.24) is 15.0 Å². The molecule has 53 heavy (non-hydrogen) atoms. The summed E-state index contributed by atoms with van der Waals surface area (Å²) in [6.07, 6.45) is 8.48. The number of esters is 3. The van der Waals surface area contributed by atoms with Crippen molar-refractivity contribution in [2.75, 3.05) is 36.3 Å². The second kappa shape index (κ2) is 21.1. The summed E-state index contributed by atoms with van der Waals surface area (Å²) in [7, 11) is 1.33. The average molecular weight is 725 g/mol. The monoisotopic (exact) mass is 724 g/mol. The van der Waals surface area contributed by atoms with Gasteiger partial charge in [0.05, 0.1) is 37.0 Å². The molecule has 3 aromatic carbocycles. The normalized spacial score (nSPS) is 11.9. The Morgan fingerprint density at radius 3 is 1.13 bits per heavy atom. The van der Waals surface area contributed by atoms with E-state index >= 15 is 0 Å². The van der Waals surface area contributed by atoms with Crippen LogP contribution in [0.4, 0.5) is 34.9 Å². The number of nitrogens with zero attached hydrogens (tertiary/aromatic N) is 3. The fraction of sp³-hybridized carbons (Fsp3) is 0.415. The van der Waals surface area contributed by atoms with Gasteiger partial charge in [-0.25, -0.2) is 14.4 Å². The van der Waals surface area contributed by atoms with Crippen LogP contribution >= 0.6 is 0 Å². The second-order valence-electron chi connectivity index (χ2n) is 12.9. The summed E-state index contributed by atoms with van der Waals surface area (Å²) in [5.41, 5.74) is 3.22. The highest BCUT2D eigenvalue weighted by Gasteiger charge is 2.15. The molecule has 2 atom stereocenters. The van der Waals surface area contributed by atoms with E-state index in [-0.39, 0.29) is 29.8 Å². The van der Waals surface area contributed by atoms with Gasteiger partial charge in [-0.15, -0.1) is 0 Å². The first-order valence-corrected chi connectivity index (χ1v) is 18.5. The van der Waals surface area contributed by atoms with Crippen LogP contribution in [0.1, 0.15) is 110 Å². The van der Waals surface area contributed by atoms with Gasteiger partial charge in [0.2, 0.25) is 17.8 Å². The van der Waals surface area contributed by atoms with Gasteiger partial charge in [0, 0.05) is 17.1 Å². The van der Waals surface area contributed by atoms with Gasteiger partial charge in [-0.3, -0.25) is 0 Å². The molecule has 0 saturated carbocycles. The zero-order valence-corrected chi connectivity index (χ0v) is 31.4. The minimum atomic E-state index is -0.442. The smallest absolute Gasteiger partial charge is 0.338 e. The molecule has 282 valence electrons. The van der Waals surface area contributed by atoms with E-state index in [9.17, 15) is 14.4 Å². The number of carbonyl (C=O) groups excluding carboxylic acids is 3. The molecule has 12 heteroatoms.